The van der Waals surface area contributed by atoms with Crippen LogP contribution in [0.25, 0.3) is 0 Å². The Morgan fingerprint density at radius 2 is 0.641 bits per heavy atom. The molecule has 3 saturated carbocycles. The molecule has 0 amide bonds. The zero-order valence-corrected chi connectivity index (χ0v) is 69.6. The highest BCUT2D eigenvalue weighted by atomic mass is 32.2. The number of aliphatic carboxylic acids is 5. The Balaban J connectivity index is 0.000000308. The van der Waals surface area contributed by atoms with E-state index in [4.69, 9.17) is 108 Å². The minimum absolute atomic E-state index is 0.0262. The number of hydrogen-bond acceptors (Lipinski definition) is 35. The van der Waals surface area contributed by atoms with Gasteiger partial charge in [-0.05, 0) is 110 Å². The van der Waals surface area contributed by atoms with E-state index in [1.54, 1.807) is 13.8 Å². The van der Waals surface area contributed by atoms with E-state index < -0.39 is 197 Å². The maximum absolute atomic E-state index is 12.5. The number of carbonyl (C=O) groups is 5. The number of rotatable bonds is 44. The van der Waals surface area contributed by atoms with E-state index in [9.17, 15) is 91.6 Å². The second-order valence-corrected chi connectivity index (χ2v) is 40.7. The summed E-state index contributed by atoms with van der Waals surface area (Å²) in [7, 11) is -26.8. The van der Waals surface area contributed by atoms with Crippen LogP contribution in [0.5, 0.6) is 0 Å². The average Bonchev–Trinajstić information content (AvgIpc) is 1.62. The minimum atomic E-state index is -3.89. The number of carboxylic acids is 5. The van der Waals surface area contributed by atoms with Gasteiger partial charge in [0.15, 0.2) is 0 Å². The van der Waals surface area contributed by atoms with Crippen molar-refractivity contribution in [2.24, 2.45) is 86.9 Å². The third kappa shape index (κ3) is 30.3. The molecule has 676 valence electrons. The lowest BCUT2D eigenvalue weighted by Crippen LogP contribution is -2.56. The molecular weight excluding hydrogens is 1660 g/mol. The Morgan fingerprint density at radius 3 is 0.846 bits per heavy atom. The van der Waals surface area contributed by atoms with Crippen LogP contribution in [-0.4, -0.2) is 359 Å². The first-order valence-electron chi connectivity index (χ1n) is 38.1. The molecule has 0 radical (unpaired) electrons. The zero-order valence-electron chi connectivity index (χ0n) is 65.5. The second kappa shape index (κ2) is 43.2. The molecule has 0 unspecified atom stereocenters. The summed E-state index contributed by atoms with van der Waals surface area (Å²) in [6.07, 6.45) is 6.80. The Labute approximate surface area is 683 Å². The van der Waals surface area contributed by atoms with Crippen LogP contribution in [0.1, 0.15) is 110 Å². The molecule has 117 heavy (non-hydrogen) atoms. The molecule has 5 saturated heterocycles. The normalized spacial score (nSPS) is 29.6. The SMILES string of the molecule is C[C@@H](CN)NS(=O)(=O)N1C[C@H](CCCB(O)O)[C@](N)(C(=O)O)C1.C[C@H](CN)NS(=O)(=O)N1C[C@H](CCCB(O)O)[C@](N)(C(=O)O)C1.NC1(CNS(=O)(=O)N2C[C@H](CCCB(O)O)[C@](N)(C(=O)O)C2)CC1.NCC1(NS(=O)(=O)N2C[C@H](CCCB(O)O)[C@](N)(C(=O)O)C2)CC1.N[C@@H]1C[C@@H]1NS(=O)(=O)N1C[C@H](CCCB(O)O)[C@](N)(C(=O)O)C1. The maximum atomic E-state index is 12.5. The van der Waals surface area contributed by atoms with E-state index in [0.717, 1.165) is 34.4 Å². The van der Waals surface area contributed by atoms with Crippen molar-refractivity contribution in [2.75, 3.05) is 91.6 Å². The molecule has 8 fully saturated rings. The molecule has 0 aromatic carbocycles. The van der Waals surface area contributed by atoms with Gasteiger partial charge in [-0.25, -0.2) is 4.72 Å². The van der Waals surface area contributed by atoms with Crippen molar-refractivity contribution in [3.8, 4) is 0 Å². The molecule has 8 aliphatic rings. The van der Waals surface area contributed by atoms with Crippen molar-refractivity contribution < 1.29 is 142 Å². The first-order valence-corrected chi connectivity index (χ1v) is 45.3. The van der Waals surface area contributed by atoms with Crippen LogP contribution in [0.4, 0.5) is 0 Å². The number of hydrogen-bond donors (Lipinski definition) is 30. The third-order valence-corrected chi connectivity index (χ3v) is 30.3. The number of carboxylic acid groups (broad SMARTS) is 5. The third-order valence-electron chi connectivity index (χ3n) is 22.4. The van der Waals surface area contributed by atoms with Gasteiger partial charge in [0.05, 0.1) is 0 Å². The summed E-state index contributed by atoms with van der Waals surface area (Å²) < 4.78 is 141. The Bertz CT molecular complexity index is 3680. The van der Waals surface area contributed by atoms with Crippen LogP contribution >= 0.6 is 0 Å². The van der Waals surface area contributed by atoms with E-state index in [1.165, 1.54) is 0 Å². The molecule has 5 heterocycles. The van der Waals surface area contributed by atoms with Gasteiger partial charge in [0.1, 0.15) is 27.7 Å². The highest BCUT2D eigenvalue weighted by molar-refractivity contribution is 7.88. The largest absolute Gasteiger partial charge is 0.480 e. The fraction of sp³-hybridized carbons (Fsp3) is 0.912. The zero-order chi connectivity index (χ0) is 89.4. The first-order chi connectivity index (χ1) is 53.6. The van der Waals surface area contributed by atoms with Crippen LogP contribution in [0.15, 0.2) is 0 Å². The van der Waals surface area contributed by atoms with E-state index in [0.29, 0.717) is 51.4 Å². The van der Waals surface area contributed by atoms with Gasteiger partial charge in [-0.1, -0.05) is 32.1 Å². The van der Waals surface area contributed by atoms with Gasteiger partial charge in [-0.15, -0.1) is 0 Å². The van der Waals surface area contributed by atoms with Gasteiger partial charge in [0.25, 0.3) is 51.0 Å². The number of nitrogens with one attached hydrogen (secondary N) is 5. The van der Waals surface area contributed by atoms with Crippen LogP contribution in [0.2, 0.25) is 31.6 Å². The van der Waals surface area contributed by atoms with E-state index in [1.807, 2.05) is 0 Å². The topological polar surface area (TPSA) is 896 Å². The summed E-state index contributed by atoms with van der Waals surface area (Å²) in [6.45, 7) is 1.85. The fourth-order valence-corrected chi connectivity index (χ4v) is 21.7. The highest BCUT2D eigenvalue weighted by Crippen LogP contribution is 2.40. The molecular formula is C57H123B5N20O30S5. The van der Waals surface area contributed by atoms with Crippen molar-refractivity contribution in [1.82, 2.24) is 45.1 Å². The lowest BCUT2D eigenvalue weighted by Gasteiger charge is -2.25. The predicted molar refractivity (Wildman–Crippen MR) is 425 cm³/mol. The van der Waals surface area contributed by atoms with Crippen LogP contribution in [0, 0.1) is 29.6 Å². The minimum Gasteiger partial charge on any atom is -0.480 e. The molecule has 0 spiro atoms. The Morgan fingerprint density at radius 1 is 0.402 bits per heavy atom. The highest BCUT2D eigenvalue weighted by Gasteiger charge is 2.59. The molecule has 0 bridgehead atoms. The summed E-state index contributed by atoms with van der Waals surface area (Å²) in [5, 5.41) is 136. The Kier molecular flexibility index (Phi) is 39.0. The van der Waals surface area contributed by atoms with Crippen LogP contribution in [0.3, 0.4) is 0 Å². The van der Waals surface area contributed by atoms with Crippen molar-refractivity contribution in [3.63, 3.8) is 0 Å². The molecule has 14 atom stereocenters. The number of nitrogens with two attached hydrogens (primary N) is 10. The smallest absolute Gasteiger partial charge is 0.451 e. The average molecular weight is 1780 g/mol. The summed E-state index contributed by atoms with van der Waals surface area (Å²) in [6, 6.07) is -1.50. The summed E-state index contributed by atoms with van der Waals surface area (Å²) in [5.74, 6) is -9.45. The summed E-state index contributed by atoms with van der Waals surface area (Å²) >= 11 is 0. The molecule has 50 nitrogen and oxygen atoms in total. The van der Waals surface area contributed by atoms with Gasteiger partial charge >= 0.3 is 65.4 Å². The van der Waals surface area contributed by atoms with Crippen molar-refractivity contribution in [2.45, 2.75) is 205 Å². The second-order valence-electron chi connectivity index (χ2n) is 32.2. The molecule has 0 aromatic rings. The molecule has 60 heteroatoms. The molecule has 8 rings (SSSR count). The van der Waals surface area contributed by atoms with E-state index in [2.05, 4.69) is 23.6 Å². The van der Waals surface area contributed by atoms with Crippen molar-refractivity contribution in [1.29, 1.82) is 0 Å². The van der Waals surface area contributed by atoms with E-state index >= 15 is 0 Å². The lowest BCUT2D eigenvalue weighted by atomic mass is 9.78. The monoisotopic (exact) mass is 1780 g/mol. The van der Waals surface area contributed by atoms with Crippen LogP contribution in [-0.2, 0) is 75.0 Å². The fourth-order valence-electron chi connectivity index (χ4n) is 13.9. The van der Waals surface area contributed by atoms with Crippen LogP contribution < -0.4 is 80.9 Å². The summed E-state index contributed by atoms with van der Waals surface area (Å²) in [5.41, 5.74) is 47.9. The maximum Gasteiger partial charge on any atom is 0.451 e. The molecule has 3 aliphatic carbocycles. The predicted octanol–water partition coefficient (Wildman–Crippen LogP) is -14.3. The quantitative estimate of drug-likeness (QED) is 0.0252. The van der Waals surface area contributed by atoms with Gasteiger partial charge in [0.2, 0.25) is 0 Å². The van der Waals surface area contributed by atoms with Gasteiger partial charge in [-0.3, -0.25) is 24.0 Å². The number of nitrogens with zero attached hydrogens (tertiary/aromatic N) is 5. The summed E-state index contributed by atoms with van der Waals surface area (Å²) in [4.78, 5) is 57.6. The molecule has 0 aromatic heterocycles. The van der Waals surface area contributed by atoms with E-state index in [-0.39, 0.29) is 167 Å². The van der Waals surface area contributed by atoms with Crippen molar-refractivity contribution >= 4 is 116 Å². The van der Waals surface area contributed by atoms with Gasteiger partial charge in [-0.2, -0.15) is 82.5 Å². The first kappa shape index (κ1) is 106. The van der Waals surface area contributed by atoms with Gasteiger partial charge < -0.3 is 133 Å². The molecule has 5 aliphatic heterocycles. The molecule has 40 N–H and O–H groups in total. The Hall–Kier alpha value is -3.78. The van der Waals surface area contributed by atoms with Crippen molar-refractivity contribution in [3.05, 3.63) is 0 Å². The lowest BCUT2D eigenvalue weighted by molar-refractivity contribution is -0.145. The standard InChI is InChI=1S/2C12H25BN4O6S.C11H23BN4O6S.2C11H25BN4O6S/c14-11(3-4-11)7-16-24(22,23)17-6-9(2-1-5-13(20)21)12(15,8-17)10(18)19;14-7-11(3-4-11)16-24(22,23)17-6-9(2-1-5-13(20)21)12(15,8-17)10(18)19;13-8-4-9(8)15-23(21,22)16-5-7(2-1-3-12(19)20)11(14,6-16)10(17)18;2*1-8(5-13)15-23(21,22)16-6-9(3-2-4-12(19)20)11(14,7-16)10(17)18/h2*9,16,20-21H,1-8,14-15H2,(H,18,19);7-9,15,19-20H,1-6,13-14H2,(H,17,18);2*8-9,15,19-20H,2-7,13-14H2,1H3,(H,17,18)/t2*9-,12-;7-,8+,9-,11-;8-,9+,11+;8-,9-,11-/m00010/s1. The van der Waals surface area contributed by atoms with Gasteiger partial charge in [0, 0.05) is 156 Å².